The Labute approximate surface area is 106 Å². The number of rotatable bonds is 5. The van der Waals surface area contributed by atoms with Crippen LogP contribution in [0.4, 0.5) is 0 Å². The third kappa shape index (κ3) is 4.20. The van der Waals surface area contributed by atoms with Gasteiger partial charge >= 0.3 is 0 Å². The SMILES string of the molecule is CCC(CCl)NCc1ccc(Cl)c(Cl)c1. The summed E-state index contributed by atoms with van der Waals surface area (Å²) < 4.78 is 0. The number of hydrogen-bond acceptors (Lipinski definition) is 1. The van der Waals surface area contributed by atoms with Gasteiger partial charge in [-0.2, -0.15) is 0 Å². The highest BCUT2D eigenvalue weighted by molar-refractivity contribution is 6.42. The second-order valence-electron chi connectivity index (χ2n) is 3.39. The molecule has 0 bridgehead atoms. The van der Waals surface area contributed by atoms with Crippen molar-refractivity contribution < 1.29 is 0 Å². The Morgan fingerprint density at radius 3 is 2.53 bits per heavy atom. The first-order valence-electron chi connectivity index (χ1n) is 4.90. The molecule has 1 unspecified atom stereocenters. The summed E-state index contributed by atoms with van der Waals surface area (Å²) >= 11 is 17.5. The largest absolute Gasteiger partial charge is 0.309 e. The van der Waals surface area contributed by atoms with Crippen molar-refractivity contribution in [1.82, 2.24) is 5.32 Å². The molecule has 0 aromatic heterocycles. The van der Waals surface area contributed by atoms with Crippen molar-refractivity contribution >= 4 is 34.8 Å². The number of halogens is 3. The van der Waals surface area contributed by atoms with Crippen LogP contribution in [-0.4, -0.2) is 11.9 Å². The summed E-state index contributed by atoms with van der Waals surface area (Å²) in [5.41, 5.74) is 1.12. The van der Waals surface area contributed by atoms with Crippen LogP contribution in [0, 0.1) is 0 Å². The molecule has 0 amide bonds. The average molecular weight is 267 g/mol. The molecule has 1 rings (SSSR count). The second-order valence-corrected chi connectivity index (χ2v) is 4.51. The molecule has 84 valence electrons. The lowest BCUT2D eigenvalue weighted by Crippen LogP contribution is -2.29. The van der Waals surface area contributed by atoms with Gasteiger partial charge in [0, 0.05) is 18.5 Å². The molecule has 0 fully saturated rings. The summed E-state index contributed by atoms with van der Waals surface area (Å²) in [7, 11) is 0. The van der Waals surface area contributed by atoms with E-state index in [1.807, 2.05) is 18.2 Å². The minimum atomic E-state index is 0.348. The molecule has 0 aliphatic rings. The topological polar surface area (TPSA) is 12.0 Å². The van der Waals surface area contributed by atoms with Crippen LogP contribution in [0.25, 0.3) is 0 Å². The third-order valence-electron chi connectivity index (χ3n) is 2.26. The van der Waals surface area contributed by atoms with Crippen LogP contribution < -0.4 is 5.32 Å². The Hall–Kier alpha value is 0.0500. The Balaban J connectivity index is 2.54. The van der Waals surface area contributed by atoms with E-state index in [4.69, 9.17) is 34.8 Å². The van der Waals surface area contributed by atoms with E-state index in [0.717, 1.165) is 18.5 Å². The van der Waals surface area contributed by atoms with Gasteiger partial charge in [-0.3, -0.25) is 0 Å². The van der Waals surface area contributed by atoms with E-state index in [9.17, 15) is 0 Å². The van der Waals surface area contributed by atoms with Crippen molar-refractivity contribution in [2.24, 2.45) is 0 Å². The normalized spacial score (nSPS) is 12.8. The molecule has 0 aliphatic carbocycles. The fourth-order valence-electron chi connectivity index (χ4n) is 1.22. The number of alkyl halides is 1. The minimum Gasteiger partial charge on any atom is -0.309 e. The number of hydrogen-bond donors (Lipinski definition) is 1. The van der Waals surface area contributed by atoms with Crippen molar-refractivity contribution in [1.29, 1.82) is 0 Å². The fourth-order valence-corrected chi connectivity index (χ4v) is 1.87. The highest BCUT2D eigenvalue weighted by atomic mass is 35.5. The molecule has 0 saturated heterocycles. The molecule has 0 aliphatic heterocycles. The molecule has 0 radical (unpaired) electrons. The van der Waals surface area contributed by atoms with E-state index >= 15 is 0 Å². The zero-order valence-electron chi connectivity index (χ0n) is 8.56. The molecule has 1 atom stereocenters. The molecule has 0 heterocycles. The molecule has 1 N–H and O–H groups in total. The van der Waals surface area contributed by atoms with Crippen molar-refractivity contribution in [2.75, 3.05) is 5.88 Å². The predicted molar refractivity (Wildman–Crippen MR) is 68.1 cm³/mol. The quantitative estimate of drug-likeness (QED) is 0.791. The summed E-state index contributed by atoms with van der Waals surface area (Å²) in [6.07, 6.45) is 1.02. The standard InChI is InChI=1S/C11H14Cl3N/c1-2-9(6-12)15-7-8-3-4-10(13)11(14)5-8/h3-5,9,15H,2,6-7H2,1H3. The first-order valence-corrected chi connectivity index (χ1v) is 6.19. The highest BCUT2D eigenvalue weighted by Crippen LogP contribution is 2.22. The maximum absolute atomic E-state index is 5.91. The van der Waals surface area contributed by atoms with Gasteiger partial charge in [-0.25, -0.2) is 0 Å². The van der Waals surface area contributed by atoms with Gasteiger partial charge in [0.1, 0.15) is 0 Å². The van der Waals surface area contributed by atoms with Gasteiger partial charge in [-0.15, -0.1) is 11.6 Å². The highest BCUT2D eigenvalue weighted by Gasteiger charge is 2.04. The van der Waals surface area contributed by atoms with E-state index in [-0.39, 0.29) is 0 Å². The third-order valence-corrected chi connectivity index (χ3v) is 3.37. The number of benzene rings is 1. The van der Waals surface area contributed by atoms with Crippen LogP contribution in [0.3, 0.4) is 0 Å². The van der Waals surface area contributed by atoms with Crippen LogP contribution in [0.5, 0.6) is 0 Å². The number of nitrogens with one attached hydrogen (secondary N) is 1. The average Bonchev–Trinajstić information content (AvgIpc) is 2.24. The molecule has 4 heteroatoms. The van der Waals surface area contributed by atoms with Crippen molar-refractivity contribution in [3.63, 3.8) is 0 Å². The lowest BCUT2D eigenvalue weighted by Gasteiger charge is -2.13. The summed E-state index contributed by atoms with van der Waals surface area (Å²) in [6, 6.07) is 5.99. The lowest BCUT2D eigenvalue weighted by molar-refractivity contribution is 0.539. The summed E-state index contributed by atoms with van der Waals surface area (Å²) in [4.78, 5) is 0. The van der Waals surface area contributed by atoms with Gasteiger partial charge in [0.25, 0.3) is 0 Å². The Morgan fingerprint density at radius 2 is 2.00 bits per heavy atom. The van der Waals surface area contributed by atoms with E-state index < -0.39 is 0 Å². The van der Waals surface area contributed by atoms with Gasteiger partial charge in [-0.1, -0.05) is 36.2 Å². The van der Waals surface area contributed by atoms with Gasteiger partial charge in [0.15, 0.2) is 0 Å². The Morgan fingerprint density at radius 1 is 1.27 bits per heavy atom. The summed E-state index contributed by atoms with van der Waals surface area (Å²) in [5.74, 6) is 0.623. The molecular weight excluding hydrogens is 252 g/mol. The van der Waals surface area contributed by atoms with Crippen molar-refractivity contribution in [3.8, 4) is 0 Å². The van der Waals surface area contributed by atoms with Crippen LogP contribution in [0.2, 0.25) is 10.0 Å². The molecular formula is C11H14Cl3N. The van der Waals surface area contributed by atoms with E-state index in [2.05, 4.69) is 12.2 Å². The van der Waals surface area contributed by atoms with Gasteiger partial charge in [0.05, 0.1) is 10.0 Å². The van der Waals surface area contributed by atoms with Crippen LogP contribution in [0.15, 0.2) is 18.2 Å². The molecule has 1 aromatic carbocycles. The van der Waals surface area contributed by atoms with Gasteiger partial charge in [-0.05, 0) is 24.1 Å². The minimum absolute atomic E-state index is 0.348. The molecule has 1 nitrogen and oxygen atoms in total. The smallest absolute Gasteiger partial charge is 0.0595 e. The zero-order valence-corrected chi connectivity index (χ0v) is 10.8. The maximum Gasteiger partial charge on any atom is 0.0595 e. The predicted octanol–water partition coefficient (Wildman–Crippen LogP) is 4.10. The van der Waals surface area contributed by atoms with Gasteiger partial charge in [0.2, 0.25) is 0 Å². The maximum atomic E-state index is 5.91. The van der Waals surface area contributed by atoms with Crippen LogP contribution in [-0.2, 0) is 6.54 Å². The monoisotopic (exact) mass is 265 g/mol. The van der Waals surface area contributed by atoms with E-state index in [0.29, 0.717) is 22.0 Å². The Bertz CT molecular complexity index is 311. The molecule has 0 saturated carbocycles. The molecule has 1 aromatic rings. The van der Waals surface area contributed by atoms with Gasteiger partial charge < -0.3 is 5.32 Å². The lowest BCUT2D eigenvalue weighted by atomic mass is 10.2. The zero-order chi connectivity index (χ0) is 11.3. The summed E-state index contributed by atoms with van der Waals surface area (Å²) in [5, 5.41) is 4.53. The van der Waals surface area contributed by atoms with E-state index in [1.54, 1.807) is 0 Å². The van der Waals surface area contributed by atoms with E-state index in [1.165, 1.54) is 0 Å². The molecule has 0 spiro atoms. The Kier molecular flexibility index (Phi) is 5.77. The van der Waals surface area contributed by atoms with Crippen molar-refractivity contribution in [2.45, 2.75) is 25.9 Å². The summed E-state index contributed by atoms with van der Waals surface area (Å²) in [6.45, 7) is 2.87. The van der Waals surface area contributed by atoms with Crippen molar-refractivity contribution in [3.05, 3.63) is 33.8 Å². The first-order chi connectivity index (χ1) is 7.17. The fraction of sp³-hybridized carbons (Fsp3) is 0.455. The second kappa shape index (κ2) is 6.59. The first kappa shape index (κ1) is 13.1. The van der Waals surface area contributed by atoms with Crippen LogP contribution in [0.1, 0.15) is 18.9 Å². The van der Waals surface area contributed by atoms with Crippen LogP contribution >= 0.6 is 34.8 Å². The molecule has 15 heavy (non-hydrogen) atoms.